The predicted octanol–water partition coefficient (Wildman–Crippen LogP) is 3.25. The van der Waals surface area contributed by atoms with Gasteiger partial charge in [-0.2, -0.15) is 11.8 Å². The third kappa shape index (κ3) is 5.13. The van der Waals surface area contributed by atoms with Gasteiger partial charge >= 0.3 is 0 Å². The van der Waals surface area contributed by atoms with Gasteiger partial charge in [0.1, 0.15) is 0 Å². The van der Waals surface area contributed by atoms with Gasteiger partial charge in [0.15, 0.2) is 0 Å². The molecule has 1 rings (SSSR count). The zero-order valence-corrected chi connectivity index (χ0v) is 12.8. The standard InChI is InChI=1S/C13H18BrNOS/c1-9(15-13(16)10(2)17-3)8-11-4-6-12(14)7-5-11/h4-7,9-10H,8H2,1-3H3,(H,15,16). The number of rotatable bonds is 5. The second-order valence-corrected chi connectivity index (χ2v) is 6.21. The lowest BCUT2D eigenvalue weighted by Gasteiger charge is -2.16. The molecule has 0 aliphatic rings. The Morgan fingerprint density at radius 2 is 1.94 bits per heavy atom. The lowest BCUT2D eigenvalue weighted by atomic mass is 10.1. The van der Waals surface area contributed by atoms with Gasteiger partial charge in [0.05, 0.1) is 5.25 Å². The maximum Gasteiger partial charge on any atom is 0.233 e. The van der Waals surface area contributed by atoms with Crippen LogP contribution in [0.25, 0.3) is 0 Å². The summed E-state index contributed by atoms with van der Waals surface area (Å²) in [6.45, 7) is 3.96. The van der Waals surface area contributed by atoms with Gasteiger partial charge in [0.2, 0.25) is 5.91 Å². The van der Waals surface area contributed by atoms with E-state index in [4.69, 9.17) is 0 Å². The fraction of sp³-hybridized carbons (Fsp3) is 0.462. The molecule has 4 heteroatoms. The summed E-state index contributed by atoms with van der Waals surface area (Å²) < 4.78 is 1.08. The molecule has 2 atom stereocenters. The van der Waals surface area contributed by atoms with Gasteiger partial charge in [-0.05, 0) is 44.2 Å². The summed E-state index contributed by atoms with van der Waals surface area (Å²) in [5.41, 5.74) is 1.23. The normalized spacial score (nSPS) is 14.1. The monoisotopic (exact) mass is 315 g/mol. The third-order valence-corrected chi connectivity index (χ3v) is 4.02. The zero-order valence-electron chi connectivity index (χ0n) is 10.4. The zero-order chi connectivity index (χ0) is 12.8. The Labute approximate surface area is 116 Å². The van der Waals surface area contributed by atoms with Crippen LogP contribution >= 0.6 is 27.7 Å². The van der Waals surface area contributed by atoms with Crippen LogP contribution in [0.1, 0.15) is 19.4 Å². The first kappa shape index (κ1) is 14.6. The van der Waals surface area contributed by atoms with Crippen LogP contribution in [0.4, 0.5) is 0 Å². The van der Waals surface area contributed by atoms with E-state index in [2.05, 4.69) is 33.4 Å². The molecule has 17 heavy (non-hydrogen) atoms. The second kappa shape index (κ2) is 7.07. The van der Waals surface area contributed by atoms with E-state index in [1.165, 1.54) is 5.56 Å². The van der Waals surface area contributed by atoms with Gasteiger partial charge < -0.3 is 5.32 Å². The molecule has 0 aliphatic carbocycles. The van der Waals surface area contributed by atoms with Crippen LogP contribution in [0.15, 0.2) is 28.7 Å². The summed E-state index contributed by atoms with van der Waals surface area (Å²) in [6, 6.07) is 8.36. The Balaban J connectivity index is 2.47. The molecule has 0 spiro atoms. The van der Waals surface area contributed by atoms with E-state index < -0.39 is 0 Å². The SMILES string of the molecule is CSC(C)C(=O)NC(C)Cc1ccc(Br)cc1. The number of carbonyl (C=O) groups excluding carboxylic acids is 1. The first-order valence-corrected chi connectivity index (χ1v) is 7.68. The molecule has 0 heterocycles. The summed E-state index contributed by atoms with van der Waals surface area (Å²) in [5, 5.41) is 3.04. The molecule has 1 aromatic carbocycles. The molecule has 0 saturated heterocycles. The van der Waals surface area contributed by atoms with Crippen molar-refractivity contribution < 1.29 is 4.79 Å². The van der Waals surface area contributed by atoms with Crippen molar-refractivity contribution in [3.8, 4) is 0 Å². The van der Waals surface area contributed by atoms with Crippen molar-refractivity contribution in [2.24, 2.45) is 0 Å². The third-order valence-electron chi connectivity index (χ3n) is 2.57. The van der Waals surface area contributed by atoms with E-state index in [-0.39, 0.29) is 17.2 Å². The summed E-state index contributed by atoms with van der Waals surface area (Å²) in [4.78, 5) is 11.7. The number of nitrogens with one attached hydrogen (secondary N) is 1. The Morgan fingerprint density at radius 3 is 2.47 bits per heavy atom. The molecule has 1 N–H and O–H groups in total. The molecule has 0 fully saturated rings. The first-order chi connectivity index (χ1) is 8.02. The van der Waals surface area contributed by atoms with Crippen molar-refractivity contribution in [2.45, 2.75) is 31.6 Å². The van der Waals surface area contributed by atoms with Crippen LogP contribution in [0.2, 0.25) is 0 Å². The highest BCUT2D eigenvalue weighted by Crippen LogP contribution is 2.12. The minimum Gasteiger partial charge on any atom is -0.352 e. The molecule has 1 aromatic rings. The Morgan fingerprint density at radius 1 is 1.35 bits per heavy atom. The van der Waals surface area contributed by atoms with E-state index in [1.807, 2.05) is 32.2 Å². The van der Waals surface area contributed by atoms with Crippen LogP contribution in [-0.2, 0) is 11.2 Å². The highest BCUT2D eigenvalue weighted by molar-refractivity contribution is 9.10. The number of hydrogen-bond acceptors (Lipinski definition) is 2. The molecule has 1 amide bonds. The van der Waals surface area contributed by atoms with Crippen LogP contribution < -0.4 is 5.32 Å². The Bertz CT molecular complexity index is 366. The fourth-order valence-corrected chi connectivity index (χ4v) is 2.04. The second-order valence-electron chi connectivity index (χ2n) is 4.12. The van der Waals surface area contributed by atoms with Crippen molar-refractivity contribution in [1.82, 2.24) is 5.32 Å². The Kier molecular flexibility index (Phi) is 6.06. The van der Waals surface area contributed by atoms with Crippen LogP contribution in [0.3, 0.4) is 0 Å². The van der Waals surface area contributed by atoms with Crippen molar-refractivity contribution >= 4 is 33.6 Å². The summed E-state index contributed by atoms with van der Waals surface area (Å²) in [6.07, 6.45) is 2.81. The number of thioether (sulfide) groups is 1. The number of carbonyl (C=O) groups is 1. The minimum atomic E-state index is 0.0161. The summed E-state index contributed by atoms with van der Waals surface area (Å²) >= 11 is 4.97. The topological polar surface area (TPSA) is 29.1 Å². The lowest BCUT2D eigenvalue weighted by Crippen LogP contribution is -2.38. The number of hydrogen-bond donors (Lipinski definition) is 1. The highest BCUT2D eigenvalue weighted by atomic mass is 79.9. The van der Waals surface area contributed by atoms with E-state index in [0.717, 1.165) is 10.9 Å². The molecule has 0 bridgehead atoms. The first-order valence-electron chi connectivity index (χ1n) is 5.60. The average molecular weight is 316 g/mol. The highest BCUT2D eigenvalue weighted by Gasteiger charge is 2.13. The molecule has 2 unspecified atom stereocenters. The van der Waals surface area contributed by atoms with Crippen LogP contribution in [-0.4, -0.2) is 23.5 Å². The molecule has 2 nitrogen and oxygen atoms in total. The largest absolute Gasteiger partial charge is 0.352 e. The molecule has 0 radical (unpaired) electrons. The van der Waals surface area contributed by atoms with E-state index in [9.17, 15) is 4.79 Å². The summed E-state index contributed by atoms with van der Waals surface area (Å²) in [5.74, 6) is 0.113. The smallest absolute Gasteiger partial charge is 0.233 e. The molecule has 0 aliphatic heterocycles. The van der Waals surface area contributed by atoms with Gasteiger partial charge in [-0.15, -0.1) is 0 Å². The average Bonchev–Trinajstić information content (AvgIpc) is 2.30. The Hall–Kier alpha value is -0.480. The minimum absolute atomic E-state index is 0.0161. The molecule has 94 valence electrons. The van der Waals surface area contributed by atoms with Gasteiger partial charge in [-0.1, -0.05) is 28.1 Å². The molecule has 0 saturated carbocycles. The van der Waals surface area contributed by atoms with Crippen molar-refractivity contribution in [2.75, 3.05) is 6.26 Å². The maximum absolute atomic E-state index is 11.7. The molecule has 0 aromatic heterocycles. The molecular formula is C13H18BrNOS. The maximum atomic E-state index is 11.7. The fourth-order valence-electron chi connectivity index (χ4n) is 1.49. The number of halogens is 1. The van der Waals surface area contributed by atoms with Crippen molar-refractivity contribution in [3.05, 3.63) is 34.3 Å². The number of benzene rings is 1. The molecular weight excluding hydrogens is 298 g/mol. The van der Waals surface area contributed by atoms with E-state index in [0.29, 0.717) is 0 Å². The van der Waals surface area contributed by atoms with Gasteiger partial charge in [0, 0.05) is 10.5 Å². The summed E-state index contributed by atoms with van der Waals surface area (Å²) in [7, 11) is 0. The van der Waals surface area contributed by atoms with Crippen molar-refractivity contribution in [3.63, 3.8) is 0 Å². The quantitative estimate of drug-likeness (QED) is 0.903. The van der Waals surface area contributed by atoms with Crippen LogP contribution in [0, 0.1) is 0 Å². The number of amides is 1. The van der Waals surface area contributed by atoms with E-state index in [1.54, 1.807) is 11.8 Å². The van der Waals surface area contributed by atoms with Gasteiger partial charge in [-0.25, -0.2) is 0 Å². The van der Waals surface area contributed by atoms with Crippen molar-refractivity contribution in [1.29, 1.82) is 0 Å². The lowest BCUT2D eigenvalue weighted by molar-refractivity contribution is -0.120. The van der Waals surface area contributed by atoms with Gasteiger partial charge in [0.25, 0.3) is 0 Å². The van der Waals surface area contributed by atoms with Crippen LogP contribution in [0.5, 0.6) is 0 Å². The van der Waals surface area contributed by atoms with E-state index >= 15 is 0 Å². The van der Waals surface area contributed by atoms with Gasteiger partial charge in [-0.3, -0.25) is 4.79 Å². The predicted molar refractivity (Wildman–Crippen MR) is 78.4 cm³/mol.